The lowest BCUT2D eigenvalue weighted by molar-refractivity contribution is -0.139. The number of amides is 1. The third-order valence-corrected chi connectivity index (χ3v) is 5.50. The van der Waals surface area contributed by atoms with E-state index >= 15 is 0 Å². The van der Waals surface area contributed by atoms with E-state index in [9.17, 15) is 18.9 Å². The van der Waals surface area contributed by atoms with Gasteiger partial charge in [-0.2, -0.15) is 0 Å². The van der Waals surface area contributed by atoms with Crippen LogP contribution in [0.4, 0.5) is 0 Å². The molecule has 0 aliphatic carbocycles. The Bertz CT molecular complexity index is 986. The number of fused-ring (bicyclic) bond motifs is 1. The monoisotopic (exact) mass is 382 g/mol. The van der Waals surface area contributed by atoms with Crippen molar-refractivity contribution >= 4 is 33.6 Å². The fourth-order valence-corrected chi connectivity index (χ4v) is 3.85. The Labute approximate surface area is 158 Å². The molecule has 1 amide bonds. The molecule has 0 fully saturated rings. The normalized spacial score (nSPS) is 13.0. The van der Waals surface area contributed by atoms with E-state index in [1.165, 1.54) is 6.20 Å². The topological polar surface area (TPSA) is 96.4 Å². The van der Waals surface area contributed by atoms with Crippen LogP contribution in [-0.2, 0) is 15.6 Å². The second kappa shape index (κ2) is 8.55. The Morgan fingerprint density at radius 3 is 2.48 bits per heavy atom. The second-order valence-corrected chi connectivity index (χ2v) is 7.46. The summed E-state index contributed by atoms with van der Waals surface area (Å²) in [7, 11) is -1.33. The zero-order valence-corrected chi connectivity index (χ0v) is 15.2. The number of carboxylic acids is 1. The number of hydrogen-bond donors (Lipinski definition) is 2. The van der Waals surface area contributed by atoms with Crippen molar-refractivity contribution in [3.63, 3.8) is 0 Å². The van der Waals surface area contributed by atoms with Crippen LogP contribution >= 0.6 is 0 Å². The molecule has 3 rings (SSSR count). The van der Waals surface area contributed by atoms with Crippen LogP contribution in [0.25, 0.3) is 10.9 Å². The minimum absolute atomic E-state index is 0.0611. The van der Waals surface area contributed by atoms with Gasteiger partial charge in [0.2, 0.25) is 0 Å². The number of pyridine rings is 1. The highest BCUT2D eigenvalue weighted by Crippen LogP contribution is 2.16. The van der Waals surface area contributed by atoms with E-state index in [4.69, 9.17) is 0 Å². The molecule has 0 saturated heterocycles. The van der Waals surface area contributed by atoms with Gasteiger partial charge in [-0.1, -0.05) is 36.4 Å². The average molecular weight is 382 g/mol. The van der Waals surface area contributed by atoms with Crippen molar-refractivity contribution < 1.29 is 18.9 Å². The highest BCUT2D eigenvalue weighted by molar-refractivity contribution is 7.85. The van der Waals surface area contributed by atoms with Crippen molar-refractivity contribution in [1.29, 1.82) is 0 Å². The third-order valence-electron chi connectivity index (χ3n) is 4.10. The summed E-state index contributed by atoms with van der Waals surface area (Å²) in [6.07, 6.45) is 1.57. The van der Waals surface area contributed by atoms with Gasteiger partial charge in [-0.3, -0.25) is 14.0 Å². The smallest absolute Gasteiger partial charge is 0.326 e. The molecule has 0 spiro atoms. The first-order chi connectivity index (χ1) is 13.1. The first kappa shape index (κ1) is 18.7. The van der Waals surface area contributed by atoms with Gasteiger partial charge in [0.05, 0.1) is 21.9 Å². The minimum Gasteiger partial charge on any atom is -0.480 e. The molecule has 0 aliphatic rings. The Morgan fingerprint density at radius 2 is 1.74 bits per heavy atom. The maximum Gasteiger partial charge on any atom is 0.326 e. The molecule has 1 aromatic heterocycles. The number of hydrogen-bond acceptors (Lipinski definition) is 4. The molecule has 6 nitrogen and oxygen atoms in total. The van der Waals surface area contributed by atoms with Crippen molar-refractivity contribution in [3.8, 4) is 0 Å². The Balaban J connectivity index is 1.71. The van der Waals surface area contributed by atoms with Crippen molar-refractivity contribution in [2.75, 3.05) is 5.75 Å². The maximum atomic E-state index is 12.6. The first-order valence-electron chi connectivity index (χ1n) is 8.37. The number of carboxylic acid groups (broad SMARTS) is 1. The van der Waals surface area contributed by atoms with Crippen LogP contribution in [0.5, 0.6) is 0 Å². The van der Waals surface area contributed by atoms with Gasteiger partial charge in [-0.25, -0.2) is 4.79 Å². The Kier molecular flexibility index (Phi) is 5.93. The minimum atomic E-state index is -1.33. The molecule has 2 atom stereocenters. The van der Waals surface area contributed by atoms with Gasteiger partial charge in [-0.05, 0) is 30.7 Å². The molecule has 27 heavy (non-hydrogen) atoms. The van der Waals surface area contributed by atoms with Crippen LogP contribution < -0.4 is 5.32 Å². The van der Waals surface area contributed by atoms with E-state index in [0.29, 0.717) is 21.4 Å². The van der Waals surface area contributed by atoms with Gasteiger partial charge in [0.25, 0.3) is 5.91 Å². The molecule has 3 aromatic rings. The summed E-state index contributed by atoms with van der Waals surface area (Å²) in [5, 5.41) is 12.6. The summed E-state index contributed by atoms with van der Waals surface area (Å²) in [4.78, 5) is 29.0. The summed E-state index contributed by atoms with van der Waals surface area (Å²) in [5.74, 6) is -1.52. The number of para-hydroxylation sites is 1. The van der Waals surface area contributed by atoms with E-state index < -0.39 is 28.7 Å². The highest BCUT2D eigenvalue weighted by atomic mass is 32.2. The van der Waals surface area contributed by atoms with E-state index in [-0.39, 0.29) is 12.2 Å². The third kappa shape index (κ3) is 4.57. The van der Waals surface area contributed by atoms with E-state index in [2.05, 4.69) is 10.3 Å². The largest absolute Gasteiger partial charge is 0.480 e. The Morgan fingerprint density at radius 1 is 1.04 bits per heavy atom. The molecule has 0 unspecified atom stereocenters. The predicted molar refractivity (Wildman–Crippen MR) is 103 cm³/mol. The van der Waals surface area contributed by atoms with Crippen LogP contribution in [0.3, 0.4) is 0 Å². The number of rotatable bonds is 7. The zero-order valence-electron chi connectivity index (χ0n) is 14.4. The number of aliphatic carboxylic acids is 1. The molecule has 138 valence electrons. The quantitative estimate of drug-likeness (QED) is 0.655. The number of nitrogens with zero attached hydrogens (tertiary/aromatic N) is 1. The fourth-order valence-electron chi connectivity index (χ4n) is 2.70. The molecule has 0 saturated carbocycles. The number of carbonyl (C=O) groups excluding carboxylic acids is 1. The van der Waals surface area contributed by atoms with Crippen LogP contribution in [0, 0.1) is 0 Å². The van der Waals surface area contributed by atoms with Crippen LogP contribution in [0.1, 0.15) is 16.8 Å². The van der Waals surface area contributed by atoms with Crippen LogP contribution in [0.15, 0.2) is 71.8 Å². The van der Waals surface area contributed by atoms with Crippen molar-refractivity contribution in [2.45, 2.75) is 17.4 Å². The molecule has 1 heterocycles. The first-order valence-corrected chi connectivity index (χ1v) is 9.69. The fraction of sp³-hybridized carbons (Fsp3) is 0.150. The number of nitrogens with one attached hydrogen (secondary N) is 1. The SMILES string of the molecule is O=C(N[C@@H](CC[S@@](=O)c1ccccc1)C(=O)O)c1ccnc2ccccc12. The lowest BCUT2D eigenvalue weighted by atomic mass is 10.1. The summed E-state index contributed by atoms with van der Waals surface area (Å²) in [6, 6.07) is 16.4. The lowest BCUT2D eigenvalue weighted by Crippen LogP contribution is -2.41. The summed E-state index contributed by atoms with van der Waals surface area (Å²) in [5.41, 5.74) is 1.01. The number of benzene rings is 2. The van der Waals surface area contributed by atoms with E-state index in [0.717, 1.165) is 0 Å². The molecular formula is C20H18N2O4S. The Hall–Kier alpha value is -3.06. The summed E-state index contributed by atoms with van der Waals surface area (Å²) < 4.78 is 12.3. The summed E-state index contributed by atoms with van der Waals surface area (Å²) >= 11 is 0. The maximum absolute atomic E-state index is 12.6. The standard InChI is InChI=1S/C20H18N2O4S/c23-19(16-10-12-21-17-9-5-4-8-15(16)17)22-18(20(24)25)11-13-27(26)14-6-2-1-3-7-14/h1-10,12,18H,11,13H2,(H,22,23)(H,24,25)/t18-,27+/m0/s1. The molecule has 2 aromatic carbocycles. The molecule has 7 heteroatoms. The van der Waals surface area contributed by atoms with Crippen LogP contribution in [0.2, 0.25) is 0 Å². The predicted octanol–water partition coefficient (Wildman–Crippen LogP) is 2.62. The van der Waals surface area contributed by atoms with E-state index in [1.807, 2.05) is 12.1 Å². The van der Waals surface area contributed by atoms with E-state index in [1.54, 1.807) is 48.5 Å². The molecule has 0 radical (unpaired) electrons. The molecular weight excluding hydrogens is 364 g/mol. The zero-order chi connectivity index (χ0) is 19.2. The molecule has 0 bridgehead atoms. The molecule has 2 N–H and O–H groups in total. The summed E-state index contributed by atoms with van der Waals surface area (Å²) in [6.45, 7) is 0. The molecule has 0 aliphatic heterocycles. The number of carbonyl (C=O) groups is 2. The van der Waals surface area contributed by atoms with Gasteiger partial charge >= 0.3 is 5.97 Å². The average Bonchev–Trinajstić information content (AvgIpc) is 2.70. The van der Waals surface area contributed by atoms with Gasteiger partial charge in [0.1, 0.15) is 6.04 Å². The lowest BCUT2D eigenvalue weighted by Gasteiger charge is -2.15. The van der Waals surface area contributed by atoms with Gasteiger partial charge in [0, 0.05) is 22.2 Å². The van der Waals surface area contributed by atoms with Gasteiger partial charge in [-0.15, -0.1) is 0 Å². The van der Waals surface area contributed by atoms with Crippen molar-refractivity contribution in [3.05, 3.63) is 72.4 Å². The number of aromatic nitrogens is 1. The second-order valence-electron chi connectivity index (χ2n) is 5.89. The van der Waals surface area contributed by atoms with Crippen LogP contribution in [-0.4, -0.2) is 38.0 Å². The van der Waals surface area contributed by atoms with Crippen molar-refractivity contribution in [1.82, 2.24) is 10.3 Å². The van der Waals surface area contributed by atoms with Gasteiger partial charge in [0.15, 0.2) is 0 Å². The van der Waals surface area contributed by atoms with Crippen molar-refractivity contribution in [2.24, 2.45) is 0 Å². The highest BCUT2D eigenvalue weighted by Gasteiger charge is 2.22. The van der Waals surface area contributed by atoms with Gasteiger partial charge < -0.3 is 10.4 Å².